The zero-order valence-electron chi connectivity index (χ0n) is 4.72. The number of rotatable bonds is 1. The lowest BCUT2D eigenvalue weighted by Gasteiger charge is -2.19. The van der Waals surface area contributed by atoms with Crippen molar-refractivity contribution in [2.75, 3.05) is 20.3 Å². The Morgan fingerprint density at radius 1 is 1.88 bits per heavy atom. The van der Waals surface area contributed by atoms with Crippen LogP contribution < -0.4 is 5.32 Å². The Labute approximate surface area is 52.9 Å². The number of methoxy groups -OCH3 is 1. The smallest absolute Gasteiger partial charge is 0.181 e. The zero-order chi connectivity index (χ0) is 5.82. The van der Waals surface area contributed by atoms with Crippen molar-refractivity contribution < 1.29 is 8.92 Å². The molecule has 0 aliphatic carbocycles. The Morgan fingerprint density at radius 3 is 3.12 bits per heavy atom. The summed E-state index contributed by atoms with van der Waals surface area (Å²) in [6.45, 7) is 1.65. The van der Waals surface area contributed by atoms with Gasteiger partial charge in [-0.25, -0.2) is 0 Å². The van der Waals surface area contributed by atoms with E-state index in [1.807, 2.05) is 0 Å². The van der Waals surface area contributed by atoms with Crippen LogP contribution in [0.2, 0.25) is 0 Å². The summed E-state index contributed by atoms with van der Waals surface area (Å²) in [4.78, 5) is 0. The minimum atomic E-state index is 0.0312. The first-order valence-corrected chi connectivity index (χ1v) is 3.28. The monoisotopic (exact) mass is 135 g/mol. The van der Waals surface area contributed by atoms with Crippen LogP contribution in [0.5, 0.6) is 0 Å². The molecule has 0 amide bonds. The lowest BCUT2D eigenvalue weighted by Crippen LogP contribution is -2.34. The lowest BCUT2D eigenvalue weighted by atomic mass is 10.7. The molecule has 0 saturated carbocycles. The fourth-order valence-corrected chi connectivity index (χ4v) is 1.05. The summed E-state index contributed by atoms with van der Waals surface area (Å²) >= 11 is 1.33. The van der Waals surface area contributed by atoms with Gasteiger partial charge in [0, 0.05) is 25.7 Å². The number of hydrogen-bond donors (Lipinski definition) is 1. The van der Waals surface area contributed by atoms with Gasteiger partial charge in [-0.1, -0.05) is 0 Å². The summed E-state index contributed by atoms with van der Waals surface area (Å²) in [5.74, 6) is 0. The van der Waals surface area contributed by atoms with Crippen molar-refractivity contribution in [2.24, 2.45) is 0 Å². The lowest BCUT2D eigenvalue weighted by molar-refractivity contribution is 0.119. The maximum Gasteiger partial charge on any atom is 0.181 e. The summed E-state index contributed by atoms with van der Waals surface area (Å²) in [5, 5.41) is 3.08. The van der Waals surface area contributed by atoms with Gasteiger partial charge < -0.3 is 8.92 Å². The van der Waals surface area contributed by atoms with Crippen molar-refractivity contribution in [1.82, 2.24) is 5.32 Å². The molecule has 48 valence electrons. The predicted molar refractivity (Wildman–Crippen MR) is 32.3 cm³/mol. The molecule has 0 bridgehead atoms. The molecule has 8 heavy (non-hydrogen) atoms. The normalized spacial score (nSPS) is 30.4. The quantitative estimate of drug-likeness (QED) is 0.520. The third-order valence-corrected chi connectivity index (χ3v) is 1.70. The second-order valence-electron chi connectivity index (χ2n) is 1.44. The molecule has 1 atom stereocenters. The van der Waals surface area contributed by atoms with Crippen LogP contribution in [-0.2, 0) is 8.92 Å². The largest absolute Gasteiger partial charge is 0.355 e. The van der Waals surface area contributed by atoms with E-state index in [1.165, 1.54) is 12.0 Å². The first-order chi connectivity index (χ1) is 3.93. The van der Waals surface area contributed by atoms with Crippen LogP contribution in [0, 0.1) is 0 Å². The van der Waals surface area contributed by atoms with Gasteiger partial charge in [0.2, 0.25) is 0 Å². The molecular formula is C4H9NO2S. The Bertz CT molecular complexity index is 65.1. The minimum absolute atomic E-state index is 0.0312. The van der Waals surface area contributed by atoms with Gasteiger partial charge in [-0.2, -0.15) is 0 Å². The average molecular weight is 135 g/mol. The van der Waals surface area contributed by atoms with Crippen LogP contribution in [0.3, 0.4) is 0 Å². The molecule has 1 saturated heterocycles. The summed E-state index contributed by atoms with van der Waals surface area (Å²) in [7, 11) is 1.65. The predicted octanol–water partition coefficient (Wildman–Crippen LogP) is 0.184. The van der Waals surface area contributed by atoms with Gasteiger partial charge in [0.05, 0.1) is 6.61 Å². The van der Waals surface area contributed by atoms with Gasteiger partial charge >= 0.3 is 0 Å². The second kappa shape index (κ2) is 3.29. The molecule has 0 aromatic rings. The average Bonchev–Trinajstić information content (AvgIpc) is 1.90. The Balaban J connectivity index is 2.13. The molecule has 1 rings (SSSR count). The highest BCUT2D eigenvalue weighted by molar-refractivity contribution is 7.95. The maximum absolute atomic E-state index is 5.00. The molecule has 0 spiro atoms. The first kappa shape index (κ1) is 6.35. The van der Waals surface area contributed by atoms with Crippen LogP contribution >= 0.6 is 12.0 Å². The van der Waals surface area contributed by atoms with Gasteiger partial charge in [-0.05, 0) is 0 Å². The highest BCUT2D eigenvalue weighted by Gasteiger charge is 2.11. The van der Waals surface area contributed by atoms with Gasteiger partial charge in [0.1, 0.15) is 0 Å². The van der Waals surface area contributed by atoms with E-state index >= 15 is 0 Å². The van der Waals surface area contributed by atoms with Crippen molar-refractivity contribution in [3.8, 4) is 0 Å². The molecule has 0 radical (unpaired) electrons. The Morgan fingerprint density at radius 2 is 2.75 bits per heavy atom. The van der Waals surface area contributed by atoms with Crippen molar-refractivity contribution >= 4 is 12.0 Å². The SMILES string of the molecule is COC1NCCOS1. The van der Waals surface area contributed by atoms with Crippen molar-refractivity contribution in [1.29, 1.82) is 0 Å². The number of ether oxygens (including phenoxy) is 1. The molecule has 1 aliphatic heterocycles. The third kappa shape index (κ3) is 1.63. The second-order valence-corrected chi connectivity index (χ2v) is 2.30. The molecule has 3 nitrogen and oxygen atoms in total. The van der Waals surface area contributed by atoms with Crippen LogP contribution in [-0.4, -0.2) is 25.8 Å². The van der Waals surface area contributed by atoms with E-state index in [-0.39, 0.29) is 5.56 Å². The molecule has 1 N–H and O–H groups in total. The van der Waals surface area contributed by atoms with Gasteiger partial charge in [-0.15, -0.1) is 0 Å². The molecule has 0 aromatic carbocycles. The van der Waals surface area contributed by atoms with Gasteiger partial charge in [0.15, 0.2) is 5.56 Å². The van der Waals surface area contributed by atoms with Gasteiger partial charge in [0.25, 0.3) is 0 Å². The van der Waals surface area contributed by atoms with E-state index in [0.717, 1.165) is 13.2 Å². The maximum atomic E-state index is 5.00. The molecule has 1 aliphatic rings. The molecule has 0 aromatic heterocycles. The third-order valence-electron chi connectivity index (χ3n) is 0.866. The van der Waals surface area contributed by atoms with Crippen LogP contribution in [0.15, 0.2) is 0 Å². The van der Waals surface area contributed by atoms with Crippen molar-refractivity contribution in [3.63, 3.8) is 0 Å². The molecule has 1 heterocycles. The summed E-state index contributed by atoms with van der Waals surface area (Å²) < 4.78 is 9.92. The minimum Gasteiger partial charge on any atom is -0.355 e. The highest BCUT2D eigenvalue weighted by Crippen LogP contribution is 2.12. The topological polar surface area (TPSA) is 30.5 Å². The summed E-state index contributed by atoms with van der Waals surface area (Å²) in [5.41, 5.74) is 0.0312. The van der Waals surface area contributed by atoms with E-state index in [2.05, 4.69) is 5.32 Å². The van der Waals surface area contributed by atoms with Crippen molar-refractivity contribution in [3.05, 3.63) is 0 Å². The first-order valence-electron chi connectivity index (χ1n) is 2.48. The zero-order valence-corrected chi connectivity index (χ0v) is 5.53. The highest BCUT2D eigenvalue weighted by atomic mass is 32.2. The summed E-state index contributed by atoms with van der Waals surface area (Å²) in [6.07, 6.45) is 0. The van der Waals surface area contributed by atoms with Gasteiger partial charge in [-0.3, -0.25) is 5.32 Å². The Kier molecular flexibility index (Phi) is 2.62. The van der Waals surface area contributed by atoms with E-state index in [9.17, 15) is 0 Å². The van der Waals surface area contributed by atoms with E-state index < -0.39 is 0 Å². The molecule has 4 heteroatoms. The van der Waals surface area contributed by atoms with E-state index in [1.54, 1.807) is 7.11 Å². The fourth-order valence-electron chi connectivity index (χ4n) is 0.485. The van der Waals surface area contributed by atoms with Crippen LogP contribution in [0.25, 0.3) is 0 Å². The molecular weight excluding hydrogens is 126 g/mol. The number of nitrogens with one attached hydrogen (secondary N) is 1. The Hall–Kier alpha value is 0.230. The fraction of sp³-hybridized carbons (Fsp3) is 1.00. The number of hydrogen-bond acceptors (Lipinski definition) is 4. The standard InChI is InChI=1S/C4H9NO2S/c1-6-4-5-2-3-7-8-4/h4-5H,2-3H2,1H3. The van der Waals surface area contributed by atoms with E-state index in [4.69, 9.17) is 8.92 Å². The van der Waals surface area contributed by atoms with Crippen molar-refractivity contribution in [2.45, 2.75) is 5.56 Å². The van der Waals surface area contributed by atoms with Crippen LogP contribution in [0.4, 0.5) is 0 Å². The van der Waals surface area contributed by atoms with E-state index in [0.29, 0.717) is 0 Å². The molecule has 1 fully saturated rings. The van der Waals surface area contributed by atoms with Crippen LogP contribution in [0.1, 0.15) is 0 Å². The summed E-state index contributed by atoms with van der Waals surface area (Å²) in [6, 6.07) is 0. The molecule has 1 unspecified atom stereocenters.